The number of hydrogen-bond donors (Lipinski definition) is 0. The summed E-state index contributed by atoms with van der Waals surface area (Å²) in [5.41, 5.74) is 9.04. The number of ether oxygens (including phenoxy) is 2. The fourth-order valence-electron chi connectivity index (χ4n) is 1.15. The molecule has 0 N–H and O–H groups in total. The molecule has 74 valence electrons. The van der Waals surface area contributed by atoms with E-state index in [9.17, 15) is 0 Å². The molecule has 1 aliphatic rings. The molecule has 0 atom stereocenters. The lowest BCUT2D eigenvalue weighted by Gasteiger charge is -1.97. The van der Waals surface area contributed by atoms with Crippen LogP contribution in [-0.4, -0.2) is 6.79 Å². The van der Waals surface area contributed by atoms with Gasteiger partial charge in [0, 0.05) is 4.91 Å². The van der Waals surface area contributed by atoms with E-state index < -0.39 is 0 Å². The van der Waals surface area contributed by atoms with Crippen LogP contribution >= 0.6 is 0 Å². The van der Waals surface area contributed by atoms with Gasteiger partial charge in [-0.25, -0.2) is 0 Å². The number of nitrogens with zero attached hydrogens (tertiary/aromatic N) is 3. The van der Waals surface area contributed by atoms with E-state index in [0.717, 1.165) is 11.3 Å². The molecular formula is C9H11N3O2. The van der Waals surface area contributed by atoms with Gasteiger partial charge in [0.15, 0.2) is 11.5 Å². The van der Waals surface area contributed by atoms with Crippen molar-refractivity contribution in [3.05, 3.63) is 34.2 Å². The van der Waals surface area contributed by atoms with Crippen LogP contribution in [0.3, 0.4) is 0 Å². The highest BCUT2D eigenvalue weighted by atomic mass is 16.7. The fraction of sp³-hybridized carbons (Fsp3) is 0.333. The van der Waals surface area contributed by atoms with Crippen molar-refractivity contribution in [3.8, 4) is 11.5 Å². The van der Waals surface area contributed by atoms with Crippen molar-refractivity contribution in [2.24, 2.45) is 5.11 Å². The molecule has 2 rings (SSSR count). The van der Waals surface area contributed by atoms with Crippen molar-refractivity contribution in [3.63, 3.8) is 0 Å². The van der Waals surface area contributed by atoms with E-state index in [1.54, 1.807) is 0 Å². The van der Waals surface area contributed by atoms with Crippen LogP contribution in [-0.2, 0) is 6.54 Å². The van der Waals surface area contributed by atoms with Gasteiger partial charge in [0.05, 0.1) is 6.54 Å². The zero-order valence-electron chi connectivity index (χ0n) is 6.80. The fourth-order valence-corrected chi connectivity index (χ4v) is 1.15. The number of hydrogen-bond acceptors (Lipinski definition) is 3. The first-order chi connectivity index (χ1) is 6.40. The molecule has 0 saturated heterocycles. The van der Waals surface area contributed by atoms with Crippen LogP contribution in [0.15, 0.2) is 23.3 Å². The van der Waals surface area contributed by atoms with E-state index in [1.165, 1.54) is 0 Å². The summed E-state index contributed by atoms with van der Waals surface area (Å²) in [7, 11) is 0. The maximum Gasteiger partial charge on any atom is 0.231 e. The highest BCUT2D eigenvalue weighted by molar-refractivity contribution is 5.44. The number of benzene rings is 1. The number of fused-ring (bicyclic) bond motifs is 1. The van der Waals surface area contributed by atoms with Gasteiger partial charge in [-0.15, -0.1) is 0 Å². The minimum Gasteiger partial charge on any atom is -0.454 e. The Balaban J connectivity index is 0.000000980. The molecule has 5 nitrogen and oxygen atoms in total. The topological polar surface area (TPSA) is 67.2 Å². The van der Waals surface area contributed by atoms with Crippen LogP contribution < -0.4 is 9.47 Å². The molecule has 0 aromatic heterocycles. The molecule has 0 unspecified atom stereocenters. The average molecular weight is 193 g/mol. The highest BCUT2D eigenvalue weighted by Crippen LogP contribution is 2.32. The second kappa shape index (κ2) is 4.39. The van der Waals surface area contributed by atoms with E-state index in [0.29, 0.717) is 12.3 Å². The van der Waals surface area contributed by atoms with Gasteiger partial charge in [0.25, 0.3) is 0 Å². The number of rotatable bonds is 2. The summed E-state index contributed by atoms with van der Waals surface area (Å²) in [6.07, 6.45) is 0. The largest absolute Gasteiger partial charge is 0.454 e. The summed E-state index contributed by atoms with van der Waals surface area (Å²) in [5, 5.41) is 3.45. The first-order valence-electron chi connectivity index (χ1n) is 3.79. The summed E-state index contributed by atoms with van der Waals surface area (Å²) < 4.78 is 10.3. The van der Waals surface area contributed by atoms with Crippen molar-refractivity contribution in [1.82, 2.24) is 0 Å². The Labute approximate surface area is 81.9 Å². The Morgan fingerprint density at radius 1 is 1.36 bits per heavy atom. The zero-order valence-corrected chi connectivity index (χ0v) is 6.80. The second-order valence-corrected chi connectivity index (χ2v) is 2.58. The van der Waals surface area contributed by atoms with Gasteiger partial charge < -0.3 is 9.47 Å². The van der Waals surface area contributed by atoms with Crippen molar-refractivity contribution in [2.45, 2.75) is 14.0 Å². The van der Waals surface area contributed by atoms with Crippen LogP contribution in [0.5, 0.6) is 11.5 Å². The summed E-state index contributed by atoms with van der Waals surface area (Å²) in [5.74, 6) is 1.45. The normalized spacial score (nSPS) is 11.4. The van der Waals surface area contributed by atoms with E-state index in [-0.39, 0.29) is 14.2 Å². The van der Waals surface area contributed by atoms with Crippen molar-refractivity contribution in [2.75, 3.05) is 6.79 Å². The maximum atomic E-state index is 8.12. The van der Waals surface area contributed by atoms with Crippen molar-refractivity contribution < 1.29 is 9.47 Å². The standard InChI is InChI=1S/C8H7N3O2.CH4/c9-11-10-4-6-1-2-7-8(3-6)13-5-12-7;/h1-3H,4-5H2;1H4. The Kier molecular flexibility index (Phi) is 3.20. The van der Waals surface area contributed by atoms with Gasteiger partial charge in [-0.05, 0) is 23.2 Å². The lowest BCUT2D eigenvalue weighted by atomic mass is 10.2. The van der Waals surface area contributed by atoms with E-state index in [4.69, 9.17) is 15.0 Å². The smallest absolute Gasteiger partial charge is 0.231 e. The van der Waals surface area contributed by atoms with Crippen molar-refractivity contribution >= 4 is 0 Å². The minimum absolute atomic E-state index is 0. The predicted molar refractivity (Wildman–Crippen MR) is 52.1 cm³/mol. The first kappa shape index (κ1) is 10.2. The maximum absolute atomic E-state index is 8.12. The minimum atomic E-state index is 0. The molecule has 0 amide bonds. The molecule has 0 spiro atoms. The zero-order chi connectivity index (χ0) is 9.10. The number of azide groups is 1. The molecule has 1 heterocycles. The highest BCUT2D eigenvalue weighted by Gasteiger charge is 2.12. The molecule has 1 aromatic rings. The summed E-state index contributed by atoms with van der Waals surface area (Å²) in [6.45, 7) is 0.605. The van der Waals surface area contributed by atoms with Gasteiger partial charge in [0.1, 0.15) is 0 Å². The van der Waals surface area contributed by atoms with E-state index in [2.05, 4.69) is 10.0 Å². The molecule has 0 radical (unpaired) electrons. The lowest BCUT2D eigenvalue weighted by molar-refractivity contribution is 0.174. The Morgan fingerprint density at radius 2 is 2.14 bits per heavy atom. The van der Waals surface area contributed by atoms with Crippen LogP contribution in [0.4, 0.5) is 0 Å². The quantitative estimate of drug-likeness (QED) is 0.411. The Bertz CT molecular complexity index is 372. The molecular weight excluding hydrogens is 182 g/mol. The summed E-state index contributed by atoms with van der Waals surface area (Å²) in [4.78, 5) is 2.68. The van der Waals surface area contributed by atoms with Crippen LogP contribution in [0.2, 0.25) is 0 Å². The third-order valence-electron chi connectivity index (χ3n) is 1.75. The van der Waals surface area contributed by atoms with Gasteiger partial charge in [-0.2, -0.15) is 0 Å². The van der Waals surface area contributed by atoms with Crippen molar-refractivity contribution in [1.29, 1.82) is 0 Å². The summed E-state index contributed by atoms with van der Waals surface area (Å²) >= 11 is 0. The van der Waals surface area contributed by atoms with Gasteiger partial charge in [-0.3, -0.25) is 0 Å². The van der Waals surface area contributed by atoms with Gasteiger partial charge in [0.2, 0.25) is 6.79 Å². The lowest BCUT2D eigenvalue weighted by Crippen LogP contribution is -1.92. The molecule has 14 heavy (non-hydrogen) atoms. The van der Waals surface area contributed by atoms with Gasteiger partial charge >= 0.3 is 0 Å². The Morgan fingerprint density at radius 3 is 2.93 bits per heavy atom. The Hall–Kier alpha value is -1.87. The molecule has 5 heteroatoms. The third-order valence-corrected chi connectivity index (χ3v) is 1.75. The molecule has 0 aliphatic carbocycles. The average Bonchev–Trinajstić information content (AvgIpc) is 2.61. The van der Waals surface area contributed by atoms with Crippen LogP contribution in [0.25, 0.3) is 10.4 Å². The third kappa shape index (κ3) is 1.89. The van der Waals surface area contributed by atoms with E-state index >= 15 is 0 Å². The SMILES string of the molecule is C.[N-]=[N+]=NCc1ccc2c(c1)OCO2. The van der Waals surface area contributed by atoms with Crippen LogP contribution in [0, 0.1) is 0 Å². The monoisotopic (exact) mass is 193 g/mol. The second-order valence-electron chi connectivity index (χ2n) is 2.58. The van der Waals surface area contributed by atoms with E-state index in [1.807, 2.05) is 18.2 Å². The first-order valence-corrected chi connectivity index (χ1v) is 3.79. The summed E-state index contributed by atoms with van der Waals surface area (Å²) in [6, 6.07) is 5.48. The van der Waals surface area contributed by atoms with Gasteiger partial charge in [-0.1, -0.05) is 18.6 Å². The molecule has 0 fully saturated rings. The molecule has 0 bridgehead atoms. The molecule has 1 aliphatic heterocycles. The van der Waals surface area contributed by atoms with Crippen LogP contribution in [0.1, 0.15) is 13.0 Å². The molecule has 0 saturated carbocycles. The molecule has 1 aromatic carbocycles. The predicted octanol–water partition coefficient (Wildman–Crippen LogP) is 2.86.